The van der Waals surface area contributed by atoms with Gasteiger partial charge < -0.3 is 5.73 Å². The molecular formula is C16H13NO6S2. The van der Waals surface area contributed by atoms with Crippen molar-refractivity contribution >= 4 is 26.3 Å². The topological polar surface area (TPSA) is 135 Å². The maximum atomic E-state index is 11.7. The van der Waals surface area contributed by atoms with E-state index in [4.69, 9.17) is 5.73 Å². The Morgan fingerprint density at radius 3 is 2.40 bits per heavy atom. The van der Waals surface area contributed by atoms with Crippen molar-refractivity contribution in [1.82, 2.24) is 0 Å². The third-order valence-corrected chi connectivity index (χ3v) is 6.50. The summed E-state index contributed by atoms with van der Waals surface area (Å²) in [5.74, 6) is -0.604. The van der Waals surface area contributed by atoms with Crippen LogP contribution in [0.4, 0.5) is 0 Å². The molecule has 3 aliphatic rings. The number of hydrogen-bond donors (Lipinski definition) is 3. The molecule has 0 spiro atoms. The minimum Gasteiger partial charge on any atom is -0.398 e. The largest absolute Gasteiger partial charge is 0.398 e. The van der Waals surface area contributed by atoms with Crippen molar-refractivity contribution in [2.45, 2.75) is 17.2 Å². The highest BCUT2D eigenvalue weighted by atomic mass is 32.2. The number of allylic oxidation sites excluding steroid dienone is 5. The van der Waals surface area contributed by atoms with Crippen molar-refractivity contribution in [2.75, 3.05) is 0 Å². The second kappa shape index (κ2) is 4.92. The molecule has 9 heteroatoms. The normalized spacial score (nSPS) is 21.6. The average molecular weight is 379 g/mol. The van der Waals surface area contributed by atoms with Gasteiger partial charge in [-0.3, -0.25) is 9.11 Å². The molecule has 0 bridgehead atoms. The van der Waals surface area contributed by atoms with Gasteiger partial charge in [0.05, 0.1) is 0 Å². The molecule has 25 heavy (non-hydrogen) atoms. The molecule has 7 nitrogen and oxygen atoms in total. The first-order valence-corrected chi connectivity index (χ1v) is 10.2. The molecule has 130 valence electrons. The minimum absolute atomic E-state index is 0.200. The highest BCUT2D eigenvalue weighted by molar-refractivity contribution is 7.90. The Bertz CT molecular complexity index is 1170. The fourth-order valence-electron chi connectivity index (χ4n) is 3.70. The van der Waals surface area contributed by atoms with Crippen LogP contribution in [0, 0.1) is 0 Å². The van der Waals surface area contributed by atoms with Crippen LogP contribution in [0.5, 0.6) is 0 Å². The summed E-state index contributed by atoms with van der Waals surface area (Å²) in [6.45, 7) is 0. The van der Waals surface area contributed by atoms with Gasteiger partial charge in [0.2, 0.25) is 0 Å². The second-order valence-corrected chi connectivity index (χ2v) is 8.83. The molecule has 0 saturated carbocycles. The van der Waals surface area contributed by atoms with Crippen LogP contribution >= 0.6 is 0 Å². The van der Waals surface area contributed by atoms with Crippen molar-refractivity contribution in [2.24, 2.45) is 5.73 Å². The molecule has 1 atom stereocenters. The van der Waals surface area contributed by atoms with Crippen molar-refractivity contribution in [3.8, 4) is 0 Å². The number of benzene rings is 1. The van der Waals surface area contributed by atoms with Gasteiger partial charge in [-0.25, -0.2) is 0 Å². The number of hydrogen-bond acceptors (Lipinski definition) is 5. The fraction of sp³-hybridized carbons (Fsp3) is 0.125. The molecule has 0 fully saturated rings. The van der Waals surface area contributed by atoms with E-state index in [1.165, 1.54) is 24.3 Å². The van der Waals surface area contributed by atoms with Crippen molar-refractivity contribution in [1.29, 1.82) is 0 Å². The molecule has 0 amide bonds. The Balaban J connectivity index is 2.12. The Hall–Kier alpha value is -2.20. The van der Waals surface area contributed by atoms with Gasteiger partial charge in [-0.05, 0) is 46.4 Å². The van der Waals surface area contributed by atoms with Crippen LogP contribution in [0.15, 0.2) is 57.0 Å². The first kappa shape index (κ1) is 16.3. The lowest BCUT2D eigenvalue weighted by atomic mass is 9.70. The van der Waals surface area contributed by atoms with Gasteiger partial charge in [-0.2, -0.15) is 16.8 Å². The van der Waals surface area contributed by atoms with E-state index in [9.17, 15) is 25.9 Å². The Kier molecular flexibility index (Phi) is 3.20. The van der Waals surface area contributed by atoms with E-state index in [1.54, 1.807) is 6.07 Å². The Labute approximate surface area is 144 Å². The summed E-state index contributed by atoms with van der Waals surface area (Å²) >= 11 is 0. The minimum atomic E-state index is -4.51. The van der Waals surface area contributed by atoms with Gasteiger partial charge in [0.1, 0.15) is 9.80 Å². The average Bonchev–Trinajstić information content (AvgIpc) is 2.51. The quantitative estimate of drug-likeness (QED) is 0.663. The molecule has 1 aromatic rings. The van der Waals surface area contributed by atoms with E-state index in [2.05, 4.69) is 0 Å². The first-order valence-electron chi connectivity index (χ1n) is 7.29. The monoisotopic (exact) mass is 379 g/mol. The summed E-state index contributed by atoms with van der Waals surface area (Å²) in [7, 11) is -8.95. The summed E-state index contributed by atoms with van der Waals surface area (Å²) in [6.07, 6.45) is 6.44. The van der Waals surface area contributed by atoms with Gasteiger partial charge in [-0.1, -0.05) is 24.3 Å². The molecule has 0 heterocycles. The summed E-state index contributed by atoms with van der Waals surface area (Å²) in [5, 5.41) is 0. The summed E-state index contributed by atoms with van der Waals surface area (Å²) in [4.78, 5) is -0.552. The Morgan fingerprint density at radius 1 is 1.04 bits per heavy atom. The van der Waals surface area contributed by atoms with Crippen LogP contribution in [0.25, 0.3) is 6.08 Å². The molecule has 1 aromatic carbocycles. The zero-order valence-corrected chi connectivity index (χ0v) is 14.3. The summed E-state index contributed by atoms with van der Waals surface area (Å²) < 4.78 is 65.9. The zero-order valence-electron chi connectivity index (χ0n) is 12.7. The molecule has 4 rings (SSSR count). The van der Waals surface area contributed by atoms with Crippen LogP contribution < -0.4 is 5.73 Å². The molecule has 0 saturated heterocycles. The van der Waals surface area contributed by atoms with E-state index < -0.39 is 26.2 Å². The number of rotatable bonds is 2. The van der Waals surface area contributed by atoms with Crippen molar-refractivity contribution in [3.05, 3.63) is 68.8 Å². The third-order valence-electron chi connectivity index (χ3n) is 4.68. The smallest absolute Gasteiger partial charge is 0.295 e. The van der Waals surface area contributed by atoms with E-state index in [0.29, 0.717) is 28.7 Å². The molecule has 3 aliphatic carbocycles. The van der Waals surface area contributed by atoms with Gasteiger partial charge in [0.15, 0.2) is 0 Å². The van der Waals surface area contributed by atoms with Crippen molar-refractivity contribution in [3.63, 3.8) is 0 Å². The van der Waals surface area contributed by atoms with Crippen LogP contribution in [0.1, 0.15) is 22.6 Å². The van der Waals surface area contributed by atoms with E-state index >= 15 is 0 Å². The molecule has 0 radical (unpaired) electrons. The van der Waals surface area contributed by atoms with E-state index in [0.717, 1.165) is 5.56 Å². The lowest BCUT2D eigenvalue weighted by Gasteiger charge is -2.36. The maximum Gasteiger partial charge on any atom is 0.295 e. The van der Waals surface area contributed by atoms with E-state index in [1.807, 2.05) is 6.08 Å². The second-order valence-electron chi connectivity index (χ2n) is 6.05. The predicted molar refractivity (Wildman–Crippen MR) is 90.7 cm³/mol. The lowest BCUT2D eigenvalue weighted by Crippen LogP contribution is -2.26. The molecular weight excluding hydrogens is 366 g/mol. The van der Waals surface area contributed by atoms with Crippen LogP contribution in [-0.4, -0.2) is 25.9 Å². The van der Waals surface area contributed by atoms with Crippen LogP contribution in [0.2, 0.25) is 0 Å². The zero-order chi connectivity index (χ0) is 18.1. The van der Waals surface area contributed by atoms with Gasteiger partial charge >= 0.3 is 0 Å². The molecule has 4 N–H and O–H groups in total. The predicted octanol–water partition coefficient (Wildman–Crippen LogP) is 1.52. The molecule has 0 aromatic heterocycles. The molecule has 1 unspecified atom stereocenters. The highest BCUT2D eigenvalue weighted by Crippen LogP contribution is 2.50. The number of nitrogens with two attached hydrogens (primary N) is 1. The summed E-state index contributed by atoms with van der Waals surface area (Å²) in [5.41, 5.74) is 8.87. The SMILES string of the molecule is NC1=CC(S(=O)(=O)O)=C2C=Cc3c(S(=O)(=O)O)ccc4c3C2C1=CC4. The maximum absolute atomic E-state index is 11.7. The van der Waals surface area contributed by atoms with Crippen LogP contribution in [-0.2, 0) is 26.7 Å². The molecule has 0 aliphatic heterocycles. The lowest BCUT2D eigenvalue weighted by molar-refractivity contribution is 0.482. The van der Waals surface area contributed by atoms with E-state index in [-0.39, 0.29) is 15.5 Å². The summed E-state index contributed by atoms with van der Waals surface area (Å²) in [6, 6.07) is 2.92. The van der Waals surface area contributed by atoms with Crippen LogP contribution in [0.3, 0.4) is 0 Å². The van der Waals surface area contributed by atoms with Gasteiger partial charge in [-0.15, -0.1) is 0 Å². The standard InChI is InChI=1S/C16H13NO6S2/c17-12-7-14(25(21,22)23)11-5-4-10-13(24(18,19)20)6-2-8-1-3-9(12)16(11)15(8)10/h2-7,16H,1,17H2,(H,18,19,20)(H,21,22,23). The first-order chi connectivity index (χ1) is 11.6. The van der Waals surface area contributed by atoms with Gasteiger partial charge in [0, 0.05) is 11.6 Å². The van der Waals surface area contributed by atoms with Crippen molar-refractivity contribution < 1.29 is 25.9 Å². The highest BCUT2D eigenvalue weighted by Gasteiger charge is 2.39. The fourth-order valence-corrected chi connectivity index (χ4v) is 5.16. The van der Waals surface area contributed by atoms with Gasteiger partial charge in [0.25, 0.3) is 20.2 Å². The Morgan fingerprint density at radius 2 is 1.76 bits per heavy atom. The third kappa shape index (κ3) is 2.31.